The molecule has 0 bridgehead atoms. The number of imide groups is 1. The van der Waals surface area contributed by atoms with Gasteiger partial charge in [0.15, 0.2) is 0 Å². The second-order valence-electron chi connectivity index (χ2n) is 11.5. The highest BCUT2D eigenvalue weighted by Crippen LogP contribution is 2.40. The molecule has 4 rings (SSSR count). The van der Waals surface area contributed by atoms with Gasteiger partial charge < -0.3 is 15.3 Å². The van der Waals surface area contributed by atoms with Crippen molar-refractivity contribution < 1.29 is 24.3 Å². The van der Waals surface area contributed by atoms with Crippen LogP contribution in [0.1, 0.15) is 69.1 Å². The molecule has 1 saturated heterocycles. The van der Waals surface area contributed by atoms with Gasteiger partial charge in [0.05, 0.1) is 11.1 Å². The largest absolute Gasteiger partial charge is 0.480 e. The van der Waals surface area contributed by atoms with E-state index < -0.39 is 23.5 Å². The van der Waals surface area contributed by atoms with Gasteiger partial charge in [-0.1, -0.05) is 75.1 Å². The first kappa shape index (κ1) is 28.3. The Morgan fingerprint density at radius 3 is 2.18 bits per heavy atom. The van der Waals surface area contributed by atoms with Crippen LogP contribution in [0.15, 0.2) is 48.5 Å². The first-order valence-electron chi connectivity index (χ1n) is 13.8. The van der Waals surface area contributed by atoms with E-state index in [-0.39, 0.29) is 30.2 Å². The smallest absolute Gasteiger partial charge is 0.331 e. The maximum atomic E-state index is 13.7. The molecule has 39 heavy (non-hydrogen) atoms. The number of benzene rings is 2. The molecular formula is C31H39N3O5. The summed E-state index contributed by atoms with van der Waals surface area (Å²) in [6.45, 7) is 6.02. The fourth-order valence-electron chi connectivity index (χ4n) is 5.83. The van der Waals surface area contributed by atoms with Gasteiger partial charge in [-0.2, -0.15) is 0 Å². The number of hydrogen-bond acceptors (Lipinski definition) is 4. The number of nitrogens with zero attached hydrogens (tertiary/aromatic N) is 2. The van der Waals surface area contributed by atoms with Gasteiger partial charge >= 0.3 is 12.0 Å². The maximum Gasteiger partial charge on any atom is 0.331 e. The summed E-state index contributed by atoms with van der Waals surface area (Å²) in [7, 11) is 1.64. The number of aryl methyl sites for hydroxylation is 1. The number of anilines is 1. The lowest BCUT2D eigenvalue weighted by atomic mass is 9.68. The van der Waals surface area contributed by atoms with Crippen LogP contribution in [0.2, 0.25) is 0 Å². The van der Waals surface area contributed by atoms with Crippen molar-refractivity contribution in [3.05, 3.63) is 65.2 Å². The molecule has 0 aromatic heterocycles. The topological polar surface area (TPSA) is 107 Å². The molecule has 8 heteroatoms. The normalized spacial score (nSPS) is 19.9. The van der Waals surface area contributed by atoms with Gasteiger partial charge in [-0.3, -0.25) is 9.59 Å². The van der Waals surface area contributed by atoms with Crippen LogP contribution >= 0.6 is 0 Å². The number of nitrogens with one attached hydrogen (secondary N) is 1. The van der Waals surface area contributed by atoms with E-state index in [1.54, 1.807) is 31.3 Å². The van der Waals surface area contributed by atoms with Gasteiger partial charge in [-0.25, -0.2) is 14.5 Å². The molecule has 0 radical (unpaired) electrons. The van der Waals surface area contributed by atoms with Crippen molar-refractivity contribution >= 4 is 29.5 Å². The molecule has 208 valence electrons. The van der Waals surface area contributed by atoms with E-state index in [0.29, 0.717) is 30.5 Å². The van der Waals surface area contributed by atoms with Gasteiger partial charge in [-0.05, 0) is 55.4 Å². The van der Waals surface area contributed by atoms with Gasteiger partial charge in [0.1, 0.15) is 12.1 Å². The van der Waals surface area contributed by atoms with Crippen LogP contribution in [-0.4, -0.2) is 53.0 Å². The third-order valence-electron chi connectivity index (χ3n) is 8.14. The Hall–Kier alpha value is -3.68. The number of amides is 4. The molecule has 2 aliphatic rings. The number of carboxylic acid groups (broad SMARTS) is 1. The first-order chi connectivity index (χ1) is 18.5. The summed E-state index contributed by atoms with van der Waals surface area (Å²) in [6.07, 6.45) is 4.94. The van der Waals surface area contributed by atoms with Gasteiger partial charge in [-0.15, -0.1) is 0 Å². The summed E-state index contributed by atoms with van der Waals surface area (Å²) in [5.41, 5.74) is 2.43. The Labute approximate surface area is 230 Å². The van der Waals surface area contributed by atoms with Gasteiger partial charge in [0.2, 0.25) is 5.91 Å². The number of carbonyl (C=O) groups excluding carboxylic acids is 3. The quantitative estimate of drug-likeness (QED) is 0.450. The van der Waals surface area contributed by atoms with E-state index in [1.807, 2.05) is 45.0 Å². The number of hydrogen-bond donors (Lipinski definition) is 2. The van der Waals surface area contributed by atoms with Gasteiger partial charge in [0, 0.05) is 13.5 Å². The third-order valence-corrected chi connectivity index (χ3v) is 8.14. The Morgan fingerprint density at radius 2 is 1.62 bits per heavy atom. The highest BCUT2D eigenvalue weighted by atomic mass is 16.4. The minimum atomic E-state index is -1.11. The summed E-state index contributed by atoms with van der Waals surface area (Å²) < 4.78 is 0. The lowest BCUT2D eigenvalue weighted by Crippen LogP contribution is -2.52. The van der Waals surface area contributed by atoms with E-state index in [9.17, 15) is 24.3 Å². The summed E-state index contributed by atoms with van der Waals surface area (Å²) >= 11 is 0. The fourth-order valence-corrected chi connectivity index (χ4v) is 5.83. The monoisotopic (exact) mass is 533 g/mol. The molecule has 2 fully saturated rings. The zero-order chi connectivity index (χ0) is 28.3. The number of carbonyl (C=O) groups is 4. The minimum Gasteiger partial charge on any atom is -0.480 e. The molecule has 1 aliphatic carbocycles. The number of likely N-dealkylation sites (N-methyl/N-ethyl adjacent to an activating group) is 1. The van der Waals surface area contributed by atoms with Crippen molar-refractivity contribution in [3.63, 3.8) is 0 Å². The SMILES string of the molecule is Cc1ccc(C2(C(=O)NC(Cc3ccc(N4C(=O)C(CC(C)C)N(C)C4=O)cc3)C(=O)O)CCCCC2)cc1. The predicted octanol–water partition coefficient (Wildman–Crippen LogP) is 4.82. The van der Waals surface area contributed by atoms with Crippen LogP contribution in [0.25, 0.3) is 0 Å². The molecule has 0 spiro atoms. The highest BCUT2D eigenvalue weighted by molar-refractivity contribution is 6.21. The summed E-state index contributed by atoms with van der Waals surface area (Å²) in [5.74, 6) is -1.35. The van der Waals surface area contributed by atoms with Crippen LogP contribution in [0.4, 0.5) is 10.5 Å². The Morgan fingerprint density at radius 1 is 1.00 bits per heavy atom. The van der Waals surface area contributed by atoms with Crippen LogP contribution < -0.4 is 10.2 Å². The minimum absolute atomic E-state index is 0.0864. The van der Waals surface area contributed by atoms with Crippen molar-refractivity contribution in [2.75, 3.05) is 11.9 Å². The van der Waals surface area contributed by atoms with Crippen molar-refractivity contribution in [2.45, 2.75) is 83.2 Å². The van der Waals surface area contributed by atoms with E-state index in [0.717, 1.165) is 30.4 Å². The van der Waals surface area contributed by atoms with E-state index in [4.69, 9.17) is 0 Å². The average molecular weight is 534 g/mol. The lowest BCUT2D eigenvalue weighted by molar-refractivity contribution is -0.143. The predicted molar refractivity (Wildman–Crippen MR) is 150 cm³/mol. The number of carboxylic acids is 1. The number of urea groups is 1. The van der Waals surface area contributed by atoms with Crippen LogP contribution in [-0.2, 0) is 26.2 Å². The van der Waals surface area contributed by atoms with Crippen molar-refractivity contribution in [1.29, 1.82) is 0 Å². The average Bonchev–Trinajstić information content (AvgIpc) is 3.12. The fraction of sp³-hybridized carbons (Fsp3) is 0.484. The second-order valence-corrected chi connectivity index (χ2v) is 11.5. The lowest BCUT2D eigenvalue weighted by Gasteiger charge is -2.37. The molecule has 2 N–H and O–H groups in total. The molecule has 8 nitrogen and oxygen atoms in total. The molecule has 1 aliphatic heterocycles. The summed E-state index contributed by atoms with van der Waals surface area (Å²) in [4.78, 5) is 54.3. The number of aliphatic carboxylic acids is 1. The van der Waals surface area contributed by atoms with E-state index >= 15 is 0 Å². The van der Waals surface area contributed by atoms with Gasteiger partial charge in [0.25, 0.3) is 5.91 Å². The van der Waals surface area contributed by atoms with Crippen LogP contribution in [0, 0.1) is 12.8 Å². The molecular weight excluding hydrogens is 494 g/mol. The van der Waals surface area contributed by atoms with Crippen LogP contribution in [0.5, 0.6) is 0 Å². The second kappa shape index (κ2) is 11.6. The zero-order valence-electron chi connectivity index (χ0n) is 23.3. The van der Waals surface area contributed by atoms with E-state index in [2.05, 4.69) is 5.32 Å². The molecule has 2 aromatic carbocycles. The van der Waals surface area contributed by atoms with Crippen molar-refractivity contribution in [1.82, 2.24) is 10.2 Å². The molecule has 4 amide bonds. The summed E-state index contributed by atoms with van der Waals surface area (Å²) in [6, 6.07) is 12.7. The number of rotatable bonds is 9. The molecule has 1 saturated carbocycles. The molecule has 2 aromatic rings. The van der Waals surface area contributed by atoms with Crippen molar-refractivity contribution in [3.8, 4) is 0 Å². The Kier molecular flexibility index (Phi) is 8.42. The Bertz CT molecular complexity index is 1220. The third kappa shape index (κ3) is 5.84. The Balaban J connectivity index is 1.50. The van der Waals surface area contributed by atoms with Crippen molar-refractivity contribution in [2.24, 2.45) is 5.92 Å². The zero-order valence-corrected chi connectivity index (χ0v) is 23.3. The molecule has 1 heterocycles. The first-order valence-corrected chi connectivity index (χ1v) is 13.8. The van der Waals surface area contributed by atoms with Crippen LogP contribution in [0.3, 0.4) is 0 Å². The molecule has 2 unspecified atom stereocenters. The standard InChI is InChI=1S/C31H39N3O5/c1-20(2)18-26-27(35)34(30(39)33(26)4)24-14-10-22(11-15-24)19-25(28(36)37)32-29(38)31(16-6-5-7-17-31)23-12-8-21(3)9-13-23/h8-15,20,25-26H,5-7,16-19H2,1-4H3,(H,32,38)(H,36,37). The molecule has 2 atom stereocenters. The van der Waals surface area contributed by atoms with E-state index in [1.165, 1.54) is 9.80 Å². The maximum absolute atomic E-state index is 13.7. The highest BCUT2D eigenvalue weighted by Gasteiger charge is 2.44. The summed E-state index contributed by atoms with van der Waals surface area (Å²) in [5, 5.41) is 12.8.